The molecule has 1 fully saturated rings. The molecule has 1 aliphatic heterocycles. The van der Waals surface area contributed by atoms with Gasteiger partial charge in [-0.1, -0.05) is 11.6 Å². The maximum absolute atomic E-state index is 12.6. The van der Waals surface area contributed by atoms with Crippen molar-refractivity contribution in [2.75, 3.05) is 42.2 Å². The van der Waals surface area contributed by atoms with E-state index in [0.717, 1.165) is 36.4 Å². The van der Waals surface area contributed by atoms with Crippen molar-refractivity contribution in [1.82, 2.24) is 15.3 Å². The third-order valence-electron chi connectivity index (χ3n) is 5.06. The standard InChI is InChI=1S/C22H24ClN5O4S/c1-33(30,31)27-18-9-15(8-17(23)11-18)12-26-22(29)16-10-21(24-13-16)20-3-2-19(14-25-20)28-4-6-32-7-5-28/h2-3,8-11,13-14,24,27H,4-7,12H2,1H3,(H,26,29). The number of aromatic amines is 1. The van der Waals surface area contributed by atoms with Gasteiger partial charge in [0.25, 0.3) is 5.91 Å². The largest absolute Gasteiger partial charge is 0.378 e. The van der Waals surface area contributed by atoms with Crippen LogP contribution in [-0.2, 0) is 21.3 Å². The Balaban J connectivity index is 1.39. The summed E-state index contributed by atoms with van der Waals surface area (Å²) in [5.74, 6) is -0.278. The summed E-state index contributed by atoms with van der Waals surface area (Å²) in [6.07, 6.45) is 4.50. The fourth-order valence-corrected chi connectivity index (χ4v) is 4.34. The molecule has 0 unspecified atom stereocenters. The molecular weight excluding hydrogens is 466 g/mol. The van der Waals surface area contributed by atoms with Crippen LogP contribution in [0.3, 0.4) is 0 Å². The molecule has 1 saturated heterocycles. The topological polar surface area (TPSA) is 116 Å². The Morgan fingerprint density at radius 2 is 2.00 bits per heavy atom. The minimum absolute atomic E-state index is 0.185. The van der Waals surface area contributed by atoms with E-state index in [1.807, 2.05) is 18.3 Å². The fourth-order valence-electron chi connectivity index (χ4n) is 3.54. The van der Waals surface area contributed by atoms with Crippen LogP contribution >= 0.6 is 11.6 Å². The first-order valence-electron chi connectivity index (χ1n) is 10.3. The quantitative estimate of drug-likeness (QED) is 0.470. The van der Waals surface area contributed by atoms with Crippen LogP contribution in [0, 0.1) is 0 Å². The molecule has 1 aromatic carbocycles. The molecule has 0 saturated carbocycles. The second-order valence-electron chi connectivity index (χ2n) is 7.71. The maximum Gasteiger partial charge on any atom is 0.253 e. The maximum atomic E-state index is 12.6. The summed E-state index contributed by atoms with van der Waals surface area (Å²) >= 11 is 6.07. The number of nitrogens with one attached hydrogen (secondary N) is 3. The number of amides is 1. The molecule has 174 valence electrons. The number of benzene rings is 1. The van der Waals surface area contributed by atoms with Crippen LogP contribution in [0.15, 0.2) is 48.8 Å². The van der Waals surface area contributed by atoms with Crippen molar-refractivity contribution >= 4 is 38.9 Å². The zero-order valence-electron chi connectivity index (χ0n) is 18.0. The highest BCUT2D eigenvalue weighted by Gasteiger charge is 2.14. The van der Waals surface area contributed by atoms with E-state index in [9.17, 15) is 13.2 Å². The van der Waals surface area contributed by atoms with Gasteiger partial charge in [0, 0.05) is 30.9 Å². The Labute approximate surface area is 197 Å². The van der Waals surface area contributed by atoms with Crippen molar-refractivity contribution in [2.24, 2.45) is 0 Å². The van der Waals surface area contributed by atoms with Crippen LogP contribution in [0.25, 0.3) is 11.4 Å². The van der Waals surface area contributed by atoms with E-state index in [4.69, 9.17) is 16.3 Å². The predicted octanol–water partition coefficient (Wildman–Crippen LogP) is 2.87. The normalized spacial score (nSPS) is 14.2. The Morgan fingerprint density at radius 3 is 2.70 bits per heavy atom. The minimum Gasteiger partial charge on any atom is -0.378 e. The molecule has 3 aromatic rings. The number of aromatic nitrogens is 2. The number of nitrogens with zero attached hydrogens (tertiary/aromatic N) is 2. The number of anilines is 2. The first-order chi connectivity index (χ1) is 15.8. The molecule has 0 bridgehead atoms. The highest BCUT2D eigenvalue weighted by atomic mass is 35.5. The van der Waals surface area contributed by atoms with E-state index in [2.05, 4.69) is 24.9 Å². The van der Waals surface area contributed by atoms with Crippen molar-refractivity contribution in [2.45, 2.75) is 6.54 Å². The van der Waals surface area contributed by atoms with Gasteiger partial charge in [-0.25, -0.2) is 8.42 Å². The molecule has 4 rings (SSSR count). The fraction of sp³-hybridized carbons (Fsp3) is 0.273. The summed E-state index contributed by atoms with van der Waals surface area (Å²) in [5.41, 5.74) is 3.97. The van der Waals surface area contributed by atoms with Gasteiger partial charge in [-0.15, -0.1) is 0 Å². The van der Waals surface area contributed by atoms with Crippen LogP contribution in [0.4, 0.5) is 11.4 Å². The third kappa shape index (κ3) is 6.25. The molecule has 9 nitrogen and oxygen atoms in total. The van der Waals surface area contributed by atoms with Gasteiger partial charge < -0.3 is 19.9 Å². The molecule has 33 heavy (non-hydrogen) atoms. The molecule has 0 aliphatic carbocycles. The number of hydrogen-bond acceptors (Lipinski definition) is 6. The van der Waals surface area contributed by atoms with Gasteiger partial charge in [-0.05, 0) is 42.0 Å². The van der Waals surface area contributed by atoms with Crippen molar-refractivity contribution in [3.8, 4) is 11.4 Å². The Bertz CT molecular complexity index is 1240. The number of H-pyrrole nitrogens is 1. The monoisotopic (exact) mass is 489 g/mol. The number of sulfonamides is 1. The van der Waals surface area contributed by atoms with Gasteiger partial charge in [0.05, 0.1) is 54.0 Å². The highest BCUT2D eigenvalue weighted by Crippen LogP contribution is 2.22. The Morgan fingerprint density at radius 1 is 1.21 bits per heavy atom. The summed E-state index contributed by atoms with van der Waals surface area (Å²) in [6, 6.07) is 10.5. The molecule has 2 aromatic heterocycles. The summed E-state index contributed by atoms with van der Waals surface area (Å²) in [5, 5.41) is 3.18. The Hall–Kier alpha value is -3.08. The number of pyridine rings is 1. The van der Waals surface area contributed by atoms with Gasteiger partial charge in [0.1, 0.15) is 0 Å². The lowest BCUT2D eigenvalue weighted by atomic mass is 10.2. The second kappa shape index (κ2) is 9.82. The lowest BCUT2D eigenvalue weighted by molar-refractivity contribution is 0.0951. The number of carbonyl (C=O) groups is 1. The predicted molar refractivity (Wildman–Crippen MR) is 128 cm³/mol. The van der Waals surface area contributed by atoms with Crippen molar-refractivity contribution < 1.29 is 17.9 Å². The number of carbonyl (C=O) groups excluding carboxylic acids is 1. The minimum atomic E-state index is -3.43. The Kier molecular flexibility index (Phi) is 6.87. The summed E-state index contributed by atoms with van der Waals surface area (Å²) in [6.45, 7) is 3.28. The summed E-state index contributed by atoms with van der Waals surface area (Å²) < 4.78 is 30.7. The molecule has 0 radical (unpaired) electrons. The van der Waals surface area contributed by atoms with Gasteiger partial charge in [-0.2, -0.15) is 0 Å². The molecular formula is C22H24ClN5O4S. The van der Waals surface area contributed by atoms with Crippen LogP contribution in [0.2, 0.25) is 5.02 Å². The summed E-state index contributed by atoms with van der Waals surface area (Å²) in [7, 11) is -3.43. The van der Waals surface area contributed by atoms with Crippen molar-refractivity contribution in [1.29, 1.82) is 0 Å². The van der Waals surface area contributed by atoms with E-state index in [1.54, 1.807) is 24.4 Å². The van der Waals surface area contributed by atoms with Gasteiger partial charge in [-0.3, -0.25) is 14.5 Å². The number of ether oxygens (including phenoxy) is 1. The molecule has 1 amide bonds. The van der Waals surface area contributed by atoms with Crippen LogP contribution in [-0.4, -0.2) is 56.9 Å². The highest BCUT2D eigenvalue weighted by molar-refractivity contribution is 7.92. The zero-order chi connectivity index (χ0) is 23.4. The number of morpholine rings is 1. The summed E-state index contributed by atoms with van der Waals surface area (Å²) in [4.78, 5) is 22.4. The van der Waals surface area contributed by atoms with E-state index in [1.165, 1.54) is 6.07 Å². The second-order valence-corrected chi connectivity index (χ2v) is 9.89. The lowest BCUT2D eigenvalue weighted by Gasteiger charge is -2.28. The lowest BCUT2D eigenvalue weighted by Crippen LogP contribution is -2.36. The molecule has 11 heteroatoms. The first-order valence-corrected chi connectivity index (χ1v) is 12.6. The average molecular weight is 490 g/mol. The van der Waals surface area contributed by atoms with Gasteiger partial charge in [0.2, 0.25) is 10.0 Å². The third-order valence-corrected chi connectivity index (χ3v) is 5.88. The van der Waals surface area contributed by atoms with Gasteiger partial charge in [0.15, 0.2) is 0 Å². The molecule has 1 aliphatic rings. The molecule has 0 spiro atoms. The number of rotatable bonds is 7. The van der Waals surface area contributed by atoms with E-state index in [0.29, 0.717) is 35.1 Å². The average Bonchev–Trinajstić information content (AvgIpc) is 3.27. The van der Waals surface area contributed by atoms with E-state index < -0.39 is 10.0 Å². The van der Waals surface area contributed by atoms with E-state index >= 15 is 0 Å². The van der Waals surface area contributed by atoms with E-state index in [-0.39, 0.29) is 12.5 Å². The molecule has 3 N–H and O–H groups in total. The molecule has 3 heterocycles. The first kappa shape index (κ1) is 23.1. The van der Waals surface area contributed by atoms with Crippen molar-refractivity contribution in [3.05, 3.63) is 64.9 Å². The zero-order valence-corrected chi connectivity index (χ0v) is 19.5. The van der Waals surface area contributed by atoms with Crippen LogP contribution in [0.5, 0.6) is 0 Å². The van der Waals surface area contributed by atoms with Crippen molar-refractivity contribution in [3.63, 3.8) is 0 Å². The SMILES string of the molecule is CS(=O)(=O)Nc1cc(Cl)cc(CNC(=O)c2c[nH]c(-c3ccc(N4CCOCC4)cn3)c2)c1. The van der Waals surface area contributed by atoms with Gasteiger partial charge >= 0.3 is 0 Å². The molecule has 0 atom stereocenters. The van der Waals surface area contributed by atoms with Crippen LogP contribution in [0.1, 0.15) is 15.9 Å². The van der Waals surface area contributed by atoms with Crippen LogP contribution < -0.4 is 14.9 Å². The smallest absolute Gasteiger partial charge is 0.253 e. The number of hydrogen-bond donors (Lipinski definition) is 3. The number of halogens is 1.